The number of aryl methyl sites for hydroxylation is 2. The van der Waals surface area contributed by atoms with Crippen molar-refractivity contribution in [2.45, 2.75) is 91.9 Å². The number of hydrogen-bond acceptors (Lipinski definition) is 2. The van der Waals surface area contributed by atoms with Crippen LogP contribution in [-0.2, 0) is 43.8 Å². The van der Waals surface area contributed by atoms with Crippen LogP contribution in [-0.4, -0.2) is 22.4 Å². The van der Waals surface area contributed by atoms with Gasteiger partial charge in [0.25, 0.3) is 0 Å². The van der Waals surface area contributed by atoms with Gasteiger partial charge in [-0.15, -0.1) is 24.3 Å². The molecule has 0 bridgehead atoms. The summed E-state index contributed by atoms with van der Waals surface area (Å²) in [6, 6.07) is 17.1. The predicted octanol–water partition coefficient (Wildman–Crippen LogP) is 10.4. The van der Waals surface area contributed by atoms with Crippen LogP contribution in [0.25, 0.3) is 33.3 Å². The standard InChI is InChI=1S/C34H34F4N2.2C2H4N.Ir/c1-33(2,3)21-15-25(39-31(17-21)27-13-11-23(35)19-29(27)37)9-7-8-10-26-16-22(34(4,5)6)18-32(40-26)28-14-12-24(36)20-30(28)38;2*1-2-3;/h11-12,15-20H,7-10H2,1-6H3;2*2H,1H3;/q-2;2*-1;. The Bertz CT molecular complexity index is 1500. The van der Waals surface area contributed by atoms with Gasteiger partial charge in [-0.2, -0.15) is 0 Å². The van der Waals surface area contributed by atoms with Gasteiger partial charge in [-0.25, -0.2) is 12.4 Å². The van der Waals surface area contributed by atoms with Crippen LogP contribution in [0.2, 0.25) is 0 Å². The molecule has 1 radical (unpaired) electrons. The molecule has 255 valence electrons. The van der Waals surface area contributed by atoms with Gasteiger partial charge < -0.3 is 20.8 Å². The molecule has 0 saturated heterocycles. The minimum atomic E-state index is -0.694. The first-order valence-electron chi connectivity index (χ1n) is 15.1. The van der Waals surface area contributed by atoms with Crippen molar-refractivity contribution in [1.29, 1.82) is 0 Å². The fourth-order valence-electron chi connectivity index (χ4n) is 4.45. The van der Waals surface area contributed by atoms with Crippen molar-refractivity contribution in [3.05, 3.63) is 117 Å². The third-order valence-electron chi connectivity index (χ3n) is 6.83. The van der Waals surface area contributed by atoms with Crippen LogP contribution in [0.1, 0.15) is 90.7 Å². The molecule has 0 N–H and O–H groups in total. The fraction of sp³-hybridized carbons (Fsp3) is 0.368. The van der Waals surface area contributed by atoms with Gasteiger partial charge in [-0.1, -0.05) is 90.8 Å². The van der Waals surface area contributed by atoms with Gasteiger partial charge >= 0.3 is 0 Å². The normalized spacial score (nSPS) is 10.9. The number of benzene rings is 2. The summed E-state index contributed by atoms with van der Waals surface area (Å²) in [6.45, 7) is 15.6. The van der Waals surface area contributed by atoms with E-state index >= 15 is 0 Å². The molecule has 0 unspecified atom stereocenters. The molecule has 2 heterocycles. The minimum Gasteiger partial charge on any atom is -0.814 e. The third-order valence-corrected chi connectivity index (χ3v) is 6.83. The van der Waals surface area contributed by atoms with E-state index < -0.39 is 23.3 Å². The number of nitrogens with zero attached hydrogens (tertiary/aromatic N) is 4. The van der Waals surface area contributed by atoms with E-state index in [0.717, 1.165) is 72.1 Å². The van der Waals surface area contributed by atoms with Crippen molar-refractivity contribution in [3.8, 4) is 22.5 Å². The van der Waals surface area contributed by atoms with Crippen LogP contribution < -0.4 is 0 Å². The van der Waals surface area contributed by atoms with Crippen LogP contribution in [0.4, 0.5) is 17.6 Å². The summed E-state index contributed by atoms with van der Waals surface area (Å²) in [5.41, 5.74) is 4.43. The molecule has 0 amide bonds. The summed E-state index contributed by atoms with van der Waals surface area (Å²) in [5.74, 6) is -2.75. The fourth-order valence-corrected chi connectivity index (χ4v) is 4.45. The van der Waals surface area contributed by atoms with Crippen LogP contribution in [0.15, 0.2) is 48.5 Å². The zero-order valence-corrected chi connectivity index (χ0v) is 30.6. The van der Waals surface area contributed by atoms with Gasteiger partial charge in [0.15, 0.2) is 0 Å². The van der Waals surface area contributed by atoms with E-state index in [-0.39, 0.29) is 42.1 Å². The van der Waals surface area contributed by atoms with Gasteiger partial charge in [-0.05, 0) is 71.2 Å². The van der Waals surface area contributed by atoms with Crippen molar-refractivity contribution in [2.24, 2.45) is 0 Å². The van der Waals surface area contributed by atoms with Gasteiger partial charge in [0, 0.05) is 54.8 Å². The van der Waals surface area contributed by atoms with E-state index in [1.54, 1.807) is 13.8 Å². The Hall–Kier alpha value is -3.55. The van der Waals surface area contributed by atoms with Crippen molar-refractivity contribution in [2.75, 3.05) is 0 Å². The molecule has 4 nitrogen and oxygen atoms in total. The number of pyridine rings is 2. The van der Waals surface area contributed by atoms with E-state index in [0.29, 0.717) is 24.2 Å². The Morgan fingerprint density at radius 3 is 1.21 bits per heavy atom. The van der Waals surface area contributed by atoms with E-state index in [9.17, 15) is 17.6 Å². The Balaban J connectivity index is 0.00000146. The first-order chi connectivity index (χ1) is 21.5. The smallest absolute Gasteiger partial charge is 0.0408 e. The summed E-state index contributed by atoms with van der Waals surface area (Å²) in [7, 11) is 0. The summed E-state index contributed by atoms with van der Waals surface area (Å²) in [6.07, 6.45) is 4.91. The first kappa shape index (κ1) is 41.5. The summed E-state index contributed by atoms with van der Waals surface area (Å²) < 4.78 is 56.0. The van der Waals surface area contributed by atoms with Crippen LogP contribution in [0.5, 0.6) is 0 Å². The second kappa shape index (κ2) is 18.7. The maximum atomic E-state index is 14.5. The van der Waals surface area contributed by atoms with Crippen molar-refractivity contribution in [1.82, 2.24) is 9.97 Å². The van der Waals surface area contributed by atoms with Crippen molar-refractivity contribution < 1.29 is 37.7 Å². The molecule has 0 spiro atoms. The number of halogens is 4. The molecule has 0 atom stereocenters. The molecule has 0 aliphatic carbocycles. The molecular formula is C38H42F4IrN4-4. The van der Waals surface area contributed by atoms with Crippen LogP contribution in [0, 0.1) is 35.4 Å². The van der Waals surface area contributed by atoms with Crippen molar-refractivity contribution >= 4 is 12.4 Å². The summed E-state index contributed by atoms with van der Waals surface area (Å²) in [4.78, 5) is 9.37. The Labute approximate surface area is 290 Å². The monoisotopic (exact) mass is 823 g/mol. The number of aromatic nitrogens is 2. The topological polar surface area (TPSA) is 70.4 Å². The number of hydrogen-bond donors (Lipinski definition) is 0. The maximum absolute atomic E-state index is 14.5. The molecular weight excluding hydrogens is 781 g/mol. The molecule has 9 heteroatoms. The van der Waals surface area contributed by atoms with E-state index in [1.807, 2.05) is 24.3 Å². The first-order valence-corrected chi connectivity index (χ1v) is 15.1. The molecule has 2 aromatic heterocycles. The average Bonchev–Trinajstić information content (AvgIpc) is 2.95. The summed E-state index contributed by atoms with van der Waals surface area (Å²) in [5, 5.41) is 14.9. The molecule has 0 saturated carbocycles. The van der Waals surface area contributed by atoms with E-state index in [2.05, 4.69) is 63.6 Å². The predicted molar refractivity (Wildman–Crippen MR) is 181 cm³/mol. The molecule has 47 heavy (non-hydrogen) atoms. The quantitative estimate of drug-likeness (QED) is 0.0806. The van der Waals surface area contributed by atoms with Gasteiger partial charge in [0.05, 0.1) is 0 Å². The third kappa shape index (κ3) is 12.9. The average molecular weight is 823 g/mol. The van der Waals surface area contributed by atoms with Crippen LogP contribution in [0.3, 0.4) is 0 Å². The Kier molecular flexibility index (Phi) is 16.5. The van der Waals surface area contributed by atoms with Crippen LogP contribution >= 0.6 is 0 Å². The largest absolute Gasteiger partial charge is 0.814 e. The Morgan fingerprint density at radius 1 is 0.617 bits per heavy atom. The zero-order chi connectivity index (χ0) is 34.7. The summed E-state index contributed by atoms with van der Waals surface area (Å²) >= 11 is 0. The molecule has 0 fully saturated rings. The number of unbranched alkanes of at least 4 members (excludes halogenated alkanes) is 1. The van der Waals surface area contributed by atoms with E-state index in [1.165, 1.54) is 0 Å². The van der Waals surface area contributed by atoms with Gasteiger partial charge in [0.1, 0.15) is 0 Å². The maximum Gasteiger partial charge on any atom is 0.0408 e. The molecule has 0 aliphatic heterocycles. The molecule has 0 aliphatic rings. The SMILES string of the molecule is CC(C)(C)c1cc(CCCCc2cc(C(C)(C)C)cc(-c3[c-]cc(F)cc3F)n2)nc(-c2[c-]cc(F)cc2F)c1.CC=[N-].CC=[N-].[Ir]. The number of rotatable bonds is 7. The second-order valence-corrected chi connectivity index (χ2v) is 12.8. The van der Waals surface area contributed by atoms with Gasteiger partial charge in [-0.3, -0.25) is 17.6 Å². The van der Waals surface area contributed by atoms with Crippen molar-refractivity contribution in [3.63, 3.8) is 0 Å². The second-order valence-electron chi connectivity index (χ2n) is 12.8. The molecule has 4 rings (SSSR count). The molecule has 2 aromatic carbocycles. The Morgan fingerprint density at radius 2 is 0.936 bits per heavy atom. The molecule has 4 aromatic rings. The van der Waals surface area contributed by atoms with Gasteiger partial charge in [0.2, 0.25) is 0 Å². The van der Waals surface area contributed by atoms with E-state index in [4.69, 9.17) is 10.8 Å². The minimum absolute atomic E-state index is 0. The zero-order valence-electron chi connectivity index (χ0n) is 28.2.